The van der Waals surface area contributed by atoms with Crippen molar-refractivity contribution in [1.29, 1.82) is 0 Å². The summed E-state index contributed by atoms with van der Waals surface area (Å²) in [6, 6.07) is 0. The van der Waals surface area contributed by atoms with Crippen LogP contribution in [-0.2, 0) is 14.6 Å². The van der Waals surface area contributed by atoms with E-state index >= 15 is 0 Å². The molecule has 4 aliphatic rings. The lowest BCUT2D eigenvalue weighted by molar-refractivity contribution is -0.337. The minimum absolute atomic E-state index is 0.265. The minimum atomic E-state index is -0.571. The van der Waals surface area contributed by atoms with Crippen LogP contribution in [-0.4, -0.2) is 18.0 Å². The molecule has 0 unspecified atom stereocenters. The van der Waals surface area contributed by atoms with Gasteiger partial charge in [-0.25, -0.2) is 9.78 Å². The zero-order valence-electron chi connectivity index (χ0n) is 8.71. The maximum atomic E-state index is 11.9. The predicted octanol–water partition coefficient (Wildman–Crippen LogP) is 1.71. The van der Waals surface area contributed by atoms with Crippen LogP contribution in [0.3, 0.4) is 0 Å². The number of hydrogen-bond acceptors (Lipinski definition) is 3. The molecule has 0 amide bonds. The van der Waals surface area contributed by atoms with Gasteiger partial charge >= 0.3 is 0 Å². The monoisotopic (exact) mass is 196 g/mol. The summed E-state index contributed by atoms with van der Waals surface area (Å²) in [6.45, 7) is 5.08. The fourth-order valence-electron chi connectivity index (χ4n) is 3.54. The van der Waals surface area contributed by atoms with Crippen molar-refractivity contribution in [2.75, 3.05) is 6.61 Å². The molecule has 4 fully saturated rings. The first-order chi connectivity index (χ1) is 6.57. The molecule has 4 rings (SSSR count). The Kier molecular flexibility index (Phi) is 1.51. The van der Waals surface area contributed by atoms with E-state index in [0.717, 1.165) is 12.8 Å². The number of hydrogen-bond donors (Lipinski definition) is 0. The highest BCUT2D eigenvalue weighted by molar-refractivity contribution is 5.90. The molecular weight excluding hydrogens is 180 g/mol. The smallest absolute Gasteiger partial charge is 0.168 e. The van der Waals surface area contributed by atoms with E-state index < -0.39 is 5.60 Å². The lowest BCUT2D eigenvalue weighted by Crippen LogP contribution is -2.65. The molecule has 2 bridgehead atoms. The Hall–Kier alpha value is -0.410. The molecule has 3 nitrogen and oxygen atoms in total. The molecular formula is C11H16O3. The molecule has 1 aliphatic heterocycles. The molecule has 3 aliphatic carbocycles. The highest BCUT2D eigenvalue weighted by Crippen LogP contribution is 2.64. The Labute approximate surface area is 83.7 Å². The van der Waals surface area contributed by atoms with Gasteiger partial charge in [-0.15, -0.1) is 0 Å². The Morgan fingerprint density at radius 1 is 1.43 bits per heavy atom. The Morgan fingerprint density at radius 2 is 2.21 bits per heavy atom. The van der Waals surface area contributed by atoms with Gasteiger partial charge in [-0.2, -0.15) is 0 Å². The van der Waals surface area contributed by atoms with Crippen LogP contribution in [0.1, 0.15) is 33.1 Å². The van der Waals surface area contributed by atoms with Gasteiger partial charge in [0, 0.05) is 18.8 Å². The summed E-state index contributed by atoms with van der Waals surface area (Å²) in [5, 5.41) is 0. The molecule has 3 saturated carbocycles. The van der Waals surface area contributed by atoms with Crippen molar-refractivity contribution in [2.45, 2.75) is 38.7 Å². The zero-order valence-corrected chi connectivity index (χ0v) is 8.71. The van der Waals surface area contributed by atoms with Crippen molar-refractivity contribution in [3.05, 3.63) is 0 Å². The second-order valence-electron chi connectivity index (χ2n) is 5.48. The number of carbonyl (C=O) groups excluding carboxylic acids is 1. The molecule has 1 saturated heterocycles. The summed E-state index contributed by atoms with van der Waals surface area (Å²) in [7, 11) is 0. The van der Waals surface area contributed by atoms with Crippen LogP contribution in [0.5, 0.6) is 0 Å². The van der Waals surface area contributed by atoms with Crippen molar-refractivity contribution in [3.63, 3.8) is 0 Å². The molecule has 0 radical (unpaired) electrons. The quantitative estimate of drug-likeness (QED) is 0.553. The third-order valence-corrected chi connectivity index (χ3v) is 4.70. The van der Waals surface area contributed by atoms with Crippen LogP contribution in [0.15, 0.2) is 0 Å². The van der Waals surface area contributed by atoms with Crippen LogP contribution in [0.2, 0.25) is 0 Å². The van der Waals surface area contributed by atoms with Gasteiger partial charge in [-0.1, -0.05) is 13.8 Å². The third kappa shape index (κ3) is 0.789. The largest absolute Gasteiger partial charge is 0.296 e. The summed E-state index contributed by atoms with van der Waals surface area (Å²) in [6.07, 6.45) is 2.58. The maximum Gasteiger partial charge on any atom is 0.168 e. The lowest BCUT2D eigenvalue weighted by atomic mass is 9.43. The first-order valence-corrected chi connectivity index (χ1v) is 5.41. The van der Waals surface area contributed by atoms with Crippen LogP contribution >= 0.6 is 0 Å². The second-order valence-corrected chi connectivity index (χ2v) is 5.48. The molecule has 1 heterocycles. The Morgan fingerprint density at radius 3 is 2.79 bits per heavy atom. The van der Waals surface area contributed by atoms with E-state index in [1.807, 2.05) is 0 Å². The van der Waals surface area contributed by atoms with Crippen molar-refractivity contribution in [3.8, 4) is 0 Å². The van der Waals surface area contributed by atoms with Gasteiger partial charge in [0.1, 0.15) is 0 Å². The normalized spacial score (nSPS) is 49.4. The van der Waals surface area contributed by atoms with E-state index in [2.05, 4.69) is 13.8 Å². The van der Waals surface area contributed by atoms with E-state index in [4.69, 9.17) is 9.78 Å². The van der Waals surface area contributed by atoms with Crippen LogP contribution < -0.4 is 0 Å². The highest BCUT2D eigenvalue weighted by atomic mass is 17.2. The summed E-state index contributed by atoms with van der Waals surface area (Å²) < 4.78 is 0. The van der Waals surface area contributed by atoms with Crippen LogP contribution in [0.25, 0.3) is 0 Å². The van der Waals surface area contributed by atoms with E-state index in [-0.39, 0.29) is 11.2 Å². The van der Waals surface area contributed by atoms with Crippen molar-refractivity contribution < 1.29 is 14.6 Å². The fraction of sp³-hybridized carbons (Fsp3) is 0.909. The number of Topliss-reactive ketones (excluding diaryl/α,β-unsaturated/α-hetero) is 1. The SMILES string of the molecule is CC1(C)[C@H]2CC(=O)[C@@]3(CCOO3)[C@@H]1C2. The molecule has 0 aromatic heterocycles. The van der Waals surface area contributed by atoms with Gasteiger partial charge in [0.05, 0.1) is 6.61 Å². The maximum absolute atomic E-state index is 11.9. The predicted molar refractivity (Wildman–Crippen MR) is 49.4 cm³/mol. The standard InChI is InChI=1S/C11H16O3/c1-10(2)7-5-8(10)11(9(12)6-7)3-4-13-14-11/h7-8H,3-6H2,1-2H3/t7-,8-,11-/m1/s1. The fourth-order valence-corrected chi connectivity index (χ4v) is 3.54. The molecule has 0 aromatic rings. The van der Waals surface area contributed by atoms with E-state index in [1.54, 1.807) is 0 Å². The number of ketones is 1. The molecule has 0 aromatic carbocycles. The van der Waals surface area contributed by atoms with E-state index in [0.29, 0.717) is 24.9 Å². The topological polar surface area (TPSA) is 35.5 Å². The summed E-state index contributed by atoms with van der Waals surface area (Å²) in [4.78, 5) is 22.2. The lowest BCUT2D eigenvalue weighted by Gasteiger charge is -2.61. The van der Waals surface area contributed by atoms with Crippen molar-refractivity contribution in [2.24, 2.45) is 17.3 Å². The first kappa shape index (κ1) is 8.86. The number of rotatable bonds is 0. The summed E-state index contributed by atoms with van der Waals surface area (Å²) in [5.41, 5.74) is -0.306. The minimum Gasteiger partial charge on any atom is -0.296 e. The molecule has 78 valence electrons. The number of fused-ring (bicyclic) bond motifs is 1. The molecule has 3 atom stereocenters. The van der Waals surface area contributed by atoms with E-state index in [9.17, 15) is 4.79 Å². The van der Waals surface area contributed by atoms with Gasteiger partial charge < -0.3 is 0 Å². The average Bonchev–Trinajstić information content (AvgIpc) is 2.59. The number of carbonyl (C=O) groups is 1. The summed E-state index contributed by atoms with van der Waals surface area (Å²) in [5.74, 6) is 1.23. The molecule has 3 heteroatoms. The van der Waals surface area contributed by atoms with Crippen LogP contribution in [0.4, 0.5) is 0 Å². The van der Waals surface area contributed by atoms with Crippen molar-refractivity contribution in [1.82, 2.24) is 0 Å². The zero-order chi connectivity index (χ0) is 9.97. The van der Waals surface area contributed by atoms with E-state index in [1.165, 1.54) is 0 Å². The third-order valence-electron chi connectivity index (χ3n) is 4.70. The highest BCUT2D eigenvalue weighted by Gasteiger charge is 2.67. The van der Waals surface area contributed by atoms with Crippen LogP contribution in [0, 0.1) is 17.3 Å². The van der Waals surface area contributed by atoms with Gasteiger partial charge in [0.2, 0.25) is 0 Å². The van der Waals surface area contributed by atoms with Crippen molar-refractivity contribution >= 4 is 5.78 Å². The Bertz CT molecular complexity index is 289. The van der Waals surface area contributed by atoms with Gasteiger partial charge in [-0.3, -0.25) is 4.79 Å². The molecule has 0 N–H and O–H groups in total. The van der Waals surface area contributed by atoms with Gasteiger partial charge in [0.15, 0.2) is 11.4 Å². The summed E-state index contributed by atoms with van der Waals surface area (Å²) >= 11 is 0. The molecule has 14 heavy (non-hydrogen) atoms. The molecule has 1 spiro atoms. The Balaban J connectivity index is 1.99. The first-order valence-electron chi connectivity index (χ1n) is 5.41. The van der Waals surface area contributed by atoms with Gasteiger partial charge in [-0.05, 0) is 17.8 Å². The van der Waals surface area contributed by atoms with Gasteiger partial charge in [0.25, 0.3) is 0 Å². The average molecular weight is 196 g/mol. The second kappa shape index (κ2) is 2.39.